The summed E-state index contributed by atoms with van der Waals surface area (Å²) in [5.74, 6) is 0. The number of nitrogens with one attached hydrogen (secondary N) is 1. The number of rotatable bonds is 4. The van der Waals surface area contributed by atoms with Gasteiger partial charge in [0.1, 0.15) is 0 Å². The fourth-order valence-electron chi connectivity index (χ4n) is 1.55. The first-order chi connectivity index (χ1) is 7.77. The summed E-state index contributed by atoms with van der Waals surface area (Å²) in [6.45, 7) is 2.91. The summed E-state index contributed by atoms with van der Waals surface area (Å²) in [6.07, 6.45) is 5.50. The fraction of sp³-hybridized carbons (Fsp3) is 0.333. The van der Waals surface area contributed by atoms with E-state index >= 15 is 0 Å². The highest BCUT2D eigenvalue weighted by Crippen LogP contribution is 2.08. The highest BCUT2D eigenvalue weighted by molar-refractivity contribution is 5.08. The Kier molecular flexibility index (Phi) is 3.31. The van der Waals surface area contributed by atoms with Gasteiger partial charge < -0.3 is 9.88 Å². The zero-order chi connectivity index (χ0) is 11.4. The average molecular weight is 216 g/mol. The highest BCUT2D eigenvalue weighted by atomic mass is 15.1. The number of imidazole rings is 1. The van der Waals surface area contributed by atoms with Gasteiger partial charge in [0.15, 0.2) is 0 Å². The van der Waals surface area contributed by atoms with Crippen LogP contribution in [0, 0.1) is 0 Å². The molecule has 0 saturated carbocycles. The van der Waals surface area contributed by atoms with Crippen molar-refractivity contribution in [3.05, 3.63) is 48.3 Å². The maximum Gasteiger partial charge on any atom is 0.0945 e. The molecule has 0 aliphatic rings. The largest absolute Gasteiger partial charge is 0.337 e. The molecule has 0 unspecified atom stereocenters. The zero-order valence-corrected chi connectivity index (χ0v) is 9.59. The predicted octanol–water partition coefficient (Wildman–Crippen LogP) is 1.67. The van der Waals surface area contributed by atoms with E-state index in [4.69, 9.17) is 0 Å². The molecule has 0 spiro atoms. The molecule has 16 heavy (non-hydrogen) atoms. The Hall–Kier alpha value is -1.68. The maximum absolute atomic E-state index is 4.32. The Morgan fingerprint density at radius 3 is 2.94 bits per heavy atom. The number of hydrogen-bond acceptors (Lipinski definition) is 3. The number of hydrogen-bond donors (Lipinski definition) is 1. The van der Waals surface area contributed by atoms with Gasteiger partial charge >= 0.3 is 0 Å². The van der Waals surface area contributed by atoms with Gasteiger partial charge in [-0.15, -0.1) is 0 Å². The lowest BCUT2D eigenvalue weighted by atomic mass is 10.2. The van der Waals surface area contributed by atoms with Crippen LogP contribution in [-0.2, 0) is 13.6 Å². The minimum Gasteiger partial charge on any atom is -0.337 e. The van der Waals surface area contributed by atoms with Crippen LogP contribution < -0.4 is 5.32 Å². The second-order valence-electron chi connectivity index (χ2n) is 3.85. The van der Waals surface area contributed by atoms with Crippen LogP contribution in [0.3, 0.4) is 0 Å². The summed E-state index contributed by atoms with van der Waals surface area (Å²) in [5.41, 5.74) is 2.23. The Balaban J connectivity index is 1.94. The lowest BCUT2D eigenvalue weighted by Gasteiger charge is -2.13. The van der Waals surface area contributed by atoms with Crippen molar-refractivity contribution in [1.82, 2.24) is 19.9 Å². The van der Waals surface area contributed by atoms with Crippen molar-refractivity contribution in [2.24, 2.45) is 7.05 Å². The number of pyridine rings is 1. The van der Waals surface area contributed by atoms with Crippen molar-refractivity contribution in [3.63, 3.8) is 0 Å². The van der Waals surface area contributed by atoms with Gasteiger partial charge in [-0.05, 0) is 19.1 Å². The summed E-state index contributed by atoms with van der Waals surface area (Å²) in [5, 5.41) is 3.42. The number of aryl methyl sites for hydroxylation is 1. The molecule has 0 aromatic carbocycles. The summed E-state index contributed by atoms with van der Waals surface area (Å²) < 4.78 is 2.01. The third-order valence-electron chi connectivity index (χ3n) is 2.64. The topological polar surface area (TPSA) is 42.7 Å². The fourth-order valence-corrected chi connectivity index (χ4v) is 1.55. The Morgan fingerprint density at radius 1 is 1.44 bits per heavy atom. The minimum absolute atomic E-state index is 0.246. The Bertz CT molecular complexity index is 435. The quantitative estimate of drug-likeness (QED) is 0.845. The molecular weight excluding hydrogens is 200 g/mol. The van der Waals surface area contributed by atoms with E-state index in [0.717, 1.165) is 12.2 Å². The first-order valence-electron chi connectivity index (χ1n) is 5.37. The molecule has 1 N–H and O–H groups in total. The number of aromatic nitrogens is 3. The maximum atomic E-state index is 4.32. The third kappa shape index (κ3) is 2.46. The van der Waals surface area contributed by atoms with Crippen molar-refractivity contribution < 1.29 is 0 Å². The van der Waals surface area contributed by atoms with Crippen molar-refractivity contribution in [2.45, 2.75) is 19.5 Å². The minimum atomic E-state index is 0.246. The molecule has 0 amide bonds. The molecule has 1 atom stereocenters. The van der Waals surface area contributed by atoms with E-state index in [1.807, 2.05) is 48.5 Å². The van der Waals surface area contributed by atoms with Gasteiger partial charge in [0.25, 0.3) is 0 Å². The molecule has 0 aliphatic carbocycles. The van der Waals surface area contributed by atoms with Crippen LogP contribution >= 0.6 is 0 Å². The molecule has 84 valence electrons. The molecule has 0 aliphatic heterocycles. The Morgan fingerprint density at radius 2 is 2.31 bits per heavy atom. The smallest absolute Gasteiger partial charge is 0.0945 e. The molecule has 0 bridgehead atoms. The first-order valence-corrected chi connectivity index (χ1v) is 5.37. The third-order valence-corrected chi connectivity index (χ3v) is 2.64. The molecule has 2 aromatic rings. The van der Waals surface area contributed by atoms with E-state index in [1.165, 1.54) is 5.69 Å². The average Bonchev–Trinajstić information content (AvgIpc) is 2.73. The van der Waals surface area contributed by atoms with Crippen molar-refractivity contribution in [2.75, 3.05) is 0 Å². The van der Waals surface area contributed by atoms with Gasteiger partial charge in [-0.2, -0.15) is 0 Å². The summed E-state index contributed by atoms with van der Waals surface area (Å²) in [4.78, 5) is 8.40. The molecule has 4 nitrogen and oxygen atoms in total. The lowest BCUT2D eigenvalue weighted by Crippen LogP contribution is -2.20. The first kappa shape index (κ1) is 10.8. The summed E-state index contributed by atoms with van der Waals surface area (Å²) in [7, 11) is 2.00. The SMILES string of the molecule is C[C@@H](NCc1cncn1C)c1ccccn1. The van der Waals surface area contributed by atoms with Gasteiger partial charge in [-0.1, -0.05) is 6.07 Å². The monoisotopic (exact) mass is 216 g/mol. The van der Waals surface area contributed by atoms with Gasteiger partial charge in [-0.3, -0.25) is 4.98 Å². The van der Waals surface area contributed by atoms with E-state index in [2.05, 4.69) is 22.2 Å². The molecule has 0 fully saturated rings. The van der Waals surface area contributed by atoms with Crippen LogP contribution in [0.4, 0.5) is 0 Å². The molecule has 4 heteroatoms. The van der Waals surface area contributed by atoms with Gasteiger partial charge in [0, 0.05) is 32.0 Å². The van der Waals surface area contributed by atoms with E-state index in [1.54, 1.807) is 0 Å². The van der Waals surface area contributed by atoms with E-state index < -0.39 is 0 Å². The van der Waals surface area contributed by atoms with Crippen LogP contribution in [0.25, 0.3) is 0 Å². The highest BCUT2D eigenvalue weighted by Gasteiger charge is 2.06. The zero-order valence-electron chi connectivity index (χ0n) is 9.59. The van der Waals surface area contributed by atoms with Crippen molar-refractivity contribution >= 4 is 0 Å². The lowest BCUT2D eigenvalue weighted by molar-refractivity contribution is 0.546. The van der Waals surface area contributed by atoms with Crippen LogP contribution in [-0.4, -0.2) is 14.5 Å². The standard InChI is InChI=1S/C12H16N4/c1-10(12-5-3-4-6-14-12)15-8-11-7-13-9-16(11)2/h3-7,9-10,15H,8H2,1-2H3/t10-/m1/s1. The van der Waals surface area contributed by atoms with Gasteiger partial charge in [-0.25, -0.2) is 4.98 Å². The molecule has 0 radical (unpaired) electrons. The van der Waals surface area contributed by atoms with Crippen LogP contribution in [0.15, 0.2) is 36.9 Å². The molecule has 0 saturated heterocycles. The number of nitrogens with zero attached hydrogens (tertiary/aromatic N) is 3. The van der Waals surface area contributed by atoms with Crippen LogP contribution in [0.1, 0.15) is 24.4 Å². The van der Waals surface area contributed by atoms with Crippen LogP contribution in [0.5, 0.6) is 0 Å². The van der Waals surface area contributed by atoms with E-state index in [0.29, 0.717) is 0 Å². The van der Waals surface area contributed by atoms with Gasteiger partial charge in [0.05, 0.1) is 17.7 Å². The van der Waals surface area contributed by atoms with E-state index in [9.17, 15) is 0 Å². The summed E-state index contributed by atoms with van der Waals surface area (Å²) in [6, 6.07) is 6.21. The van der Waals surface area contributed by atoms with E-state index in [-0.39, 0.29) is 6.04 Å². The molecule has 2 rings (SSSR count). The van der Waals surface area contributed by atoms with Crippen molar-refractivity contribution in [1.29, 1.82) is 0 Å². The molecule has 2 heterocycles. The Labute approximate surface area is 95.4 Å². The van der Waals surface area contributed by atoms with Crippen LogP contribution in [0.2, 0.25) is 0 Å². The predicted molar refractivity (Wildman–Crippen MR) is 62.7 cm³/mol. The second kappa shape index (κ2) is 4.90. The van der Waals surface area contributed by atoms with Crippen molar-refractivity contribution in [3.8, 4) is 0 Å². The molecular formula is C12H16N4. The molecule has 2 aromatic heterocycles. The van der Waals surface area contributed by atoms with Gasteiger partial charge in [0.2, 0.25) is 0 Å². The normalized spacial score (nSPS) is 12.6. The summed E-state index contributed by atoms with van der Waals surface area (Å²) >= 11 is 0. The second-order valence-corrected chi connectivity index (χ2v) is 3.85.